The first kappa shape index (κ1) is 12.9. The highest BCUT2D eigenvalue weighted by Gasteiger charge is 2.15. The molecule has 0 amide bonds. The van der Waals surface area contributed by atoms with Gasteiger partial charge in [-0.25, -0.2) is 4.39 Å². The number of hydrogen-bond acceptors (Lipinski definition) is 3. The quantitative estimate of drug-likeness (QED) is 0.847. The van der Waals surface area contributed by atoms with Crippen LogP contribution in [0.15, 0.2) is 24.3 Å². The van der Waals surface area contributed by atoms with E-state index in [1.54, 1.807) is 12.1 Å². The zero-order valence-corrected chi connectivity index (χ0v) is 10.5. The van der Waals surface area contributed by atoms with Gasteiger partial charge in [0, 0.05) is 18.3 Å². The first-order valence-electron chi connectivity index (χ1n) is 6.01. The molecule has 2 nitrogen and oxygen atoms in total. The van der Waals surface area contributed by atoms with Crippen LogP contribution in [-0.2, 0) is 0 Å². The number of aliphatic hydroxyl groups excluding tert-OH is 1. The summed E-state index contributed by atoms with van der Waals surface area (Å²) >= 11 is 1.99. The van der Waals surface area contributed by atoms with E-state index in [0.717, 1.165) is 6.54 Å². The normalized spacial score (nSPS) is 21.6. The highest BCUT2D eigenvalue weighted by molar-refractivity contribution is 8.00. The van der Waals surface area contributed by atoms with Crippen molar-refractivity contribution in [1.82, 2.24) is 5.32 Å². The maximum absolute atomic E-state index is 13.0. The predicted molar refractivity (Wildman–Crippen MR) is 69.7 cm³/mol. The average molecular weight is 255 g/mol. The lowest BCUT2D eigenvalue weighted by Crippen LogP contribution is -2.27. The summed E-state index contributed by atoms with van der Waals surface area (Å²) in [5, 5.41) is 13.8. The van der Waals surface area contributed by atoms with Gasteiger partial charge in [-0.1, -0.05) is 12.1 Å². The molecule has 2 rings (SSSR count). The van der Waals surface area contributed by atoms with Gasteiger partial charge in [0.2, 0.25) is 0 Å². The molecule has 2 N–H and O–H groups in total. The number of aliphatic hydroxyl groups is 1. The van der Waals surface area contributed by atoms with E-state index in [4.69, 9.17) is 0 Å². The third-order valence-corrected chi connectivity index (χ3v) is 4.37. The largest absolute Gasteiger partial charge is 0.387 e. The maximum Gasteiger partial charge on any atom is 0.123 e. The van der Waals surface area contributed by atoms with Crippen molar-refractivity contribution in [3.63, 3.8) is 0 Å². The highest BCUT2D eigenvalue weighted by atomic mass is 32.2. The number of rotatable bonds is 5. The Morgan fingerprint density at radius 2 is 2.41 bits per heavy atom. The van der Waals surface area contributed by atoms with Crippen LogP contribution in [-0.4, -0.2) is 29.2 Å². The molecular formula is C13H18FNOS. The molecule has 1 fully saturated rings. The molecule has 2 atom stereocenters. The minimum absolute atomic E-state index is 0.298. The van der Waals surface area contributed by atoms with Gasteiger partial charge in [-0.05, 0) is 36.3 Å². The van der Waals surface area contributed by atoms with E-state index in [0.29, 0.717) is 17.4 Å². The topological polar surface area (TPSA) is 32.3 Å². The monoisotopic (exact) mass is 255 g/mol. The second-order valence-electron chi connectivity index (χ2n) is 4.36. The second-order valence-corrected chi connectivity index (χ2v) is 5.77. The van der Waals surface area contributed by atoms with E-state index >= 15 is 0 Å². The lowest BCUT2D eigenvalue weighted by atomic mass is 10.1. The Bertz CT molecular complexity index is 355. The van der Waals surface area contributed by atoms with Gasteiger partial charge in [0.1, 0.15) is 5.82 Å². The minimum atomic E-state index is -0.628. The lowest BCUT2D eigenvalue weighted by molar-refractivity contribution is 0.174. The molecule has 2 unspecified atom stereocenters. The Kier molecular flexibility index (Phi) is 4.83. The second kappa shape index (κ2) is 6.38. The molecule has 0 spiro atoms. The van der Waals surface area contributed by atoms with E-state index in [2.05, 4.69) is 5.32 Å². The van der Waals surface area contributed by atoms with E-state index in [1.165, 1.54) is 30.7 Å². The van der Waals surface area contributed by atoms with E-state index in [-0.39, 0.29) is 5.82 Å². The van der Waals surface area contributed by atoms with Crippen LogP contribution in [0.4, 0.5) is 4.39 Å². The number of benzene rings is 1. The van der Waals surface area contributed by atoms with Gasteiger partial charge in [-0.3, -0.25) is 0 Å². The van der Waals surface area contributed by atoms with E-state index < -0.39 is 6.10 Å². The first-order valence-corrected chi connectivity index (χ1v) is 7.06. The fourth-order valence-electron chi connectivity index (χ4n) is 2.02. The third kappa shape index (κ3) is 3.98. The van der Waals surface area contributed by atoms with Crippen LogP contribution < -0.4 is 5.32 Å². The molecule has 1 aromatic carbocycles. The Morgan fingerprint density at radius 3 is 3.12 bits per heavy atom. The molecule has 0 bridgehead atoms. The Balaban J connectivity index is 1.74. The number of nitrogens with one attached hydrogen (secondary N) is 1. The molecule has 0 saturated carbocycles. The van der Waals surface area contributed by atoms with Gasteiger partial charge in [-0.15, -0.1) is 0 Å². The maximum atomic E-state index is 13.0. The van der Waals surface area contributed by atoms with Gasteiger partial charge < -0.3 is 10.4 Å². The molecular weight excluding hydrogens is 237 g/mol. The molecule has 1 aromatic rings. The smallest absolute Gasteiger partial charge is 0.123 e. The fourth-order valence-corrected chi connectivity index (χ4v) is 3.25. The van der Waals surface area contributed by atoms with Gasteiger partial charge in [0.15, 0.2) is 0 Å². The minimum Gasteiger partial charge on any atom is -0.387 e. The standard InChI is InChI=1S/C13H18FNOS/c14-11-4-1-3-10(7-11)13(16)9-15-8-12-5-2-6-17-12/h1,3-4,7,12-13,15-16H,2,5-6,8-9H2. The molecule has 1 saturated heterocycles. The lowest BCUT2D eigenvalue weighted by Gasteiger charge is -2.14. The molecule has 1 aliphatic rings. The van der Waals surface area contributed by atoms with Crippen molar-refractivity contribution < 1.29 is 9.50 Å². The summed E-state index contributed by atoms with van der Waals surface area (Å²) in [5.41, 5.74) is 0.636. The van der Waals surface area contributed by atoms with Crippen LogP contribution in [0.3, 0.4) is 0 Å². The first-order chi connectivity index (χ1) is 8.25. The molecule has 94 valence electrons. The van der Waals surface area contributed by atoms with Crippen molar-refractivity contribution in [2.75, 3.05) is 18.8 Å². The zero-order valence-electron chi connectivity index (χ0n) is 9.73. The van der Waals surface area contributed by atoms with Crippen molar-refractivity contribution in [1.29, 1.82) is 0 Å². The summed E-state index contributed by atoms with van der Waals surface area (Å²) in [6.07, 6.45) is 1.93. The van der Waals surface area contributed by atoms with Crippen LogP contribution in [0, 0.1) is 5.82 Å². The molecule has 0 aliphatic carbocycles. The fraction of sp³-hybridized carbons (Fsp3) is 0.538. The van der Waals surface area contributed by atoms with Gasteiger partial charge in [0.05, 0.1) is 6.10 Å². The summed E-state index contributed by atoms with van der Waals surface area (Å²) in [4.78, 5) is 0. The van der Waals surface area contributed by atoms with E-state index in [9.17, 15) is 9.50 Å². The average Bonchev–Trinajstić information content (AvgIpc) is 2.82. The Labute approximate surface area is 106 Å². The van der Waals surface area contributed by atoms with Gasteiger partial charge in [-0.2, -0.15) is 11.8 Å². The summed E-state index contributed by atoms with van der Waals surface area (Å²) in [5.74, 6) is 0.951. The van der Waals surface area contributed by atoms with Gasteiger partial charge >= 0.3 is 0 Å². The van der Waals surface area contributed by atoms with Gasteiger partial charge in [0.25, 0.3) is 0 Å². The summed E-state index contributed by atoms with van der Waals surface area (Å²) in [7, 11) is 0. The summed E-state index contributed by atoms with van der Waals surface area (Å²) in [6, 6.07) is 6.15. The van der Waals surface area contributed by atoms with Crippen molar-refractivity contribution >= 4 is 11.8 Å². The van der Waals surface area contributed by atoms with Crippen LogP contribution in [0.25, 0.3) is 0 Å². The van der Waals surface area contributed by atoms with Crippen molar-refractivity contribution in [2.45, 2.75) is 24.2 Å². The SMILES string of the molecule is OC(CNCC1CCCS1)c1cccc(F)c1. The van der Waals surface area contributed by atoms with Crippen LogP contribution in [0.2, 0.25) is 0 Å². The van der Waals surface area contributed by atoms with Crippen molar-refractivity contribution in [3.8, 4) is 0 Å². The molecule has 17 heavy (non-hydrogen) atoms. The Hall–Kier alpha value is -0.580. The van der Waals surface area contributed by atoms with Crippen LogP contribution in [0.5, 0.6) is 0 Å². The number of halogens is 1. The zero-order chi connectivity index (χ0) is 12.1. The molecule has 1 aliphatic heterocycles. The summed E-state index contributed by atoms with van der Waals surface area (Å²) in [6.45, 7) is 1.41. The molecule has 0 radical (unpaired) electrons. The van der Waals surface area contributed by atoms with Crippen molar-refractivity contribution in [2.24, 2.45) is 0 Å². The number of thioether (sulfide) groups is 1. The molecule has 1 heterocycles. The summed E-state index contributed by atoms with van der Waals surface area (Å²) < 4.78 is 13.0. The Morgan fingerprint density at radius 1 is 1.53 bits per heavy atom. The van der Waals surface area contributed by atoms with Crippen LogP contribution in [0.1, 0.15) is 24.5 Å². The molecule has 0 aromatic heterocycles. The third-order valence-electron chi connectivity index (χ3n) is 2.97. The molecule has 4 heteroatoms. The van der Waals surface area contributed by atoms with E-state index in [1.807, 2.05) is 11.8 Å². The number of hydrogen-bond donors (Lipinski definition) is 2. The van der Waals surface area contributed by atoms with Crippen LogP contribution >= 0.6 is 11.8 Å². The highest BCUT2D eigenvalue weighted by Crippen LogP contribution is 2.25. The predicted octanol–water partition coefficient (Wildman–Crippen LogP) is 2.34. The van der Waals surface area contributed by atoms with Crippen molar-refractivity contribution in [3.05, 3.63) is 35.6 Å².